The number of ether oxygens (including phenoxy) is 1. The summed E-state index contributed by atoms with van der Waals surface area (Å²) in [6.07, 6.45) is 2.14. The van der Waals surface area contributed by atoms with Crippen molar-refractivity contribution < 1.29 is 14.6 Å². The van der Waals surface area contributed by atoms with Gasteiger partial charge in [-0.3, -0.25) is 4.79 Å². The number of aromatic nitrogens is 3. The van der Waals surface area contributed by atoms with Crippen molar-refractivity contribution in [1.82, 2.24) is 20.1 Å². The van der Waals surface area contributed by atoms with Crippen LogP contribution in [0.15, 0.2) is 49.1 Å². The predicted octanol–water partition coefficient (Wildman–Crippen LogP) is 2.34. The molecule has 4 heterocycles. The number of nitrogens with zero attached hydrogens (tertiary/aromatic N) is 3. The van der Waals surface area contributed by atoms with Gasteiger partial charge >= 0.3 is 0 Å². The number of carbonyl (C=O) groups is 1. The van der Waals surface area contributed by atoms with Crippen LogP contribution in [0.4, 0.5) is 0 Å². The summed E-state index contributed by atoms with van der Waals surface area (Å²) < 4.78 is 5.82. The van der Waals surface area contributed by atoms with E-state index in [1.54, 1.807) is 18.2 Å². The molecule has 136 valence electrons. The monoisotopic (exact) mass is 362 g/mol. The van der Waals surface area contributed by atoms with Crippen LogP contribution in [0.3, 0.4) is 0 Å². The molecule has 0 spiro atoms. The van der Waals surface area contributed by atoms with Gasteiger partial charge in [-0.2, -0.15) is 0 Å². The number of morpholine rings is 1. The lowest BCUT2D eigenvalue weighted by atomic mass is 9.94. The number of H-pyrrole nitrogens is 1. The van der Waals surface area contributed by atoms with Gasteiger partial charge in [-0.05, 0) is 30.3 Å². The summed E-state index contributed by atoms with van der Waals surface area (Å²) in [4.78, 5) is 17.5. The highest BCUT2D eigenvalue weighted by Crippen LogP contribution is 2.46. The highest BCUT2D eigenvalue weighted by Gasteiger charge is 2.55. The van der Waals surface area contributed by atoms with Crippen molar-refractivity contribution in [1.29, 1.82) is 0 Å². The normalized spacial score (nSPS) is 23.9. The van der Waals surface area contributed by atoms with E-state index in [9.17, 15) is 9.90 Å². The third-order valence-corrected chi connectivity index (χ3v) is 5.52. The molecular weight excluding hydrogens is 344 g/mol. The van der Waals surface area contributed by atoms with Crippen LogP contribution in [0, 0.1) is 0 Å². The van der Waals surface area contributed by atoms with Gasteiger partial charge in [0.2, 0.25) is 5.91 Å². The fourth-order valence-corrected chi connectivity index (χ4v) is 4.18. The van der Waals surface area contributed by atoms with Crippen LogP contribution in [-0.4, -0.2) is 50.4 Å². The summed E-state index contributed by atoms with van der Waals surface area (Å²) in [6, 6.07) is 10.9. The maximum atomic E-state index is 12.4. The lowest BCUT2D eigenvalue weighted by Gasteiger charge is -2.37. The standard InChI is InChI=1S/C20H18N4O3/c1-2-18(26)24-10-13-9-20(24,11-27-13)17-8-12-7-15(22-23-19(12)21-17)14-5-3-4-6-16(14)25/h2-8,13,25H,1,9-11H2,(H,21,23)/t13?,20-/m1/s1. The van der Waals surface area contributed by atoms with Crippen molar-refractivity contribution in [2.75, 3.05) is 13.2 Å². The number of amides is 1. The number of hydrogen-bond donors (Lipinski definition) is 2. The fraction of sp³-hybridized carbons (Fsp3) is 0.250. The number of benzene rings is 1. The van der Waals surface area contributed by atoms with E-state index in [2.05, 4.69) is 21.8 Å². The van der Waals surface area contributed by atoms with Crippen molar-refractivity contribution in [3.05, 3.63) is 54.7 Å². The second-order valence-corrected chi connectivity index (χ2v) is 7.06. The number of likely N-dealkylation sites (tertiary alicyclic amines) is 1. The van der Waals surface area contributed by atoms with E-state index in [0.717, 1.165) is 17.5 Å². The average molecular weight is 362 g/mol. The van der Waals surface area contributed by atoms with E-state index in [4.69, 9.17) is 4.74 Å². The van der Waals surface area contributed by atoms with E-state index in [-0.39, 0.29) is 17.8 Å². The SMILES string of the molecule is C=CC(=O)N1CC2C[C@]1(c1cc3cc(-c4ccccc4O)nnc3[nH]1)CO2. The van der Waals surface area contributed by atoms with E-state index in [1.807, 2.05) is 23.1 Å². The molecule has 5 rings (SSSR count). The molecule has 2 atom stereocenters. The van der Waals surface area contributed by atoms with Crippen LogP contribution in [-0.2, 0) is 15.1 Å². The van der Waals surface area contributed by atoms with E-state index in [1.165, 1.54) is 6.08 Å². The van der Waals surface area contributed by atoms with Crippen LogP contribution in [0.5, 0.6) is 5.75 Å². The third kappa shape index (κ3) is 2.28. The molecule has 1 aromatic carbocycles. The Kier molecular flexibility index (Phi) is 3.35. The van der Waals surface area contributed by atoms with Gasteiger partial charge in [0.25, 0.3) is 0 Å². The van der Waals surface area contributed by atoms with E-state index in [0.29, 0.717) is 30.1 Å². The first-order valence-corrected chi connectivity index (χ1v) is 8.82. The molecule has 1 amide bonds. The first-order chi connectivity index (χ1) is 13.1. The summed E-state index contributed by atoms with van der Waals surface area (Å²) in [5.74, 6) is 0.0616. The van der Waals surface area contributed by atoms with Crippen molar-refractivity contribution in [2.24, 2.45) is 0 Å². The van der Waals surface area contributed by atoms with Crippen molar-refractivity contribution in [3.8, 4) is 17.0 Å². The minimum Gasteiger partial charge on any atom is -0.507 e. The lowest BCUT2D eigenvalue weighted by Crippen LogP contribution is -2.49. The largest absolute Gasteiger partial charge is 0.507 e. The number of aromatic amines is 1. The zero-order valence-electron chi connectivity index (χ0n) is 14.6. The Morgan fingerprint density at radius 1 is 1.37 bits per heavy atom. The molecule has 0 saturated carbocycles. The van der Waals surface area contributed by atoms with Gasteiger partial charge in [0.1, 0.15) is 11.3 Å². The van der Waals surface area contributed by atoms with Gasteiger partial charge in [0, 0.05) is 29.6 Å². The number of phenolic OH excluding ortho intramolecular Hbond substituents is 1. The van der Waals surface area contributed by atoms with Crippen LogP contribution in [0.1, 0.15) is 12.1 Å². The van der Waals surface area contributed by atoms with Crippen molar-refractivity contribution in [2.45, 2.75) is 18.1 Å². The number of aromatic hydroxyl groups is 1. The number of fused-ring (bicyclic) bond motifs is 3. The molecule has 3 aromatic rings. The lowest BCUT2D eigenvalue weighted by molar-refractivity contribution is -0.136. The molecule has 2 fully saturated rings. The number of rotatable bonds is 3. The smallest absolute Gasteiger partial charge is 0.246 e. The molecule has 2 saturated heterocycles. The van der Waals surface area contributed by atoms with Gasteiger partial charge in [-0.25, -0.2) is 0 Å². The first-order valence-electron chi connectivity index (χ1n) is 8.82. The molecule has 1 unspecified atom stereocenters. The number of hydrogen-bond acceptors (Lipinski definition) is 5. The Morgan fingerprint density at radius 2 is 2.22 bits per heavy atom. The van der Waals surface area contributed by atoms with E-state index >= 15 is 0 Å². The Morgan fingerprint density at radius 3 is 3.00 bits per heavy atom. The zero-order valence-corrected chi connectivity index (χ0v) is 14.6. The summed E-state index contributed by atoms with van der Waals surface area (Å²) in [5.41, 5.74) is 2.22. The van der Waals surface area contributed by atoms with Gasteiger partial charge < -0.3 is 19.7 Å². The Labute approximate surface area is 155 Å². The highest BCUT2D eigenvalue weighted by molar-refractivity contribution is 5.89. The maximum Gasteiger partial charge on any atom is 0.246 e. The summed E-state index contributed by atoms with van der Waals surface area (Å²) in [5, 5.41) is 19.5. The summed E-state index contributed by atoms with van der Waals surface area (Å²) in [6.45, 7) is 4.63. The van der Waals surface area contributed by atoms with Crippen LogP contribution >= 0.6 is 0 Å². The Bertz CT molecular complexity index is 1080. The molecule has 2 N–H and O–H groups in total. The average Bonchev–Trinajstić information content (AvgIpc) is 3.40. The van der Waals surface area contributed by atoms with Gasteiger partial charge in [-0.15, -0.1) is 10.2 Å². The molecule has 2 bridgehead atoms. The molecule has 2 aliphatic heterocycles. The van der Waals surface area contributed by atoms with Gasteiger partial charge in [-0.1, -0.05) is 18.7 Å². The maximum absolute atomic E-state index is 12.4. The topological polar surface area (TPSA) is 91.3 Å². The number of carbonyl (C=O) groups excluding carboxylic acids is 1. The predicted molar refractivity (Wildman–Crippen MR) is 98.9 cm³/mol. The van der Waals surface area contributed by atoms with Crippen molar-refractivity contribution >= 4 is 16.9 Å². The van der Waals surface area contributed by atoms with Crippen molar-refractivity contribution in [3.63, 3.8) is 0 Å². The fourth-order valence-electron chi connectivity index (χ4n) is 4.18. The quantitative estimate of drug-likeness (QED) is 0.698. The summed E-state index contributed by atoms with van der Waals surface area (Å²) in [7, 11) is 0. The minimum atomic E-state index is -0.522. The van der Waals surface area contributed by atoms with E-state index < -0.39 is 5.54 Å². The number of para-hydroxylation sites is 1. The second-order valence-electron chi connectivity index (χ2n) is 7.06. The second kappa shape index (κ2) is 5.65. The van der Waals surface area contributed by atoms with Gasteiger partial charge in [0.05, 0.1) is 18.4 Å². The molecule has 7 nitrogen and oxygen atoms in total. The first kappa shape index (κ1) is 16.0. The highest BCUT2D eigenvalue weighted by atomic mass is 16.5. The molecule has 0 aliphatic carbocycles. The Balaban J connectivity index is 1.60. The van der Waals surface area contributed by atoms with Crippen LogP contribution in [0.2, 0.25) is 0 Å². The third-order valence-electron chi connectivity index (χ3n) is 5.52. The number of nitrogens with one attached hydrogen (secondary N) is 1. The molecule has 7 heteroatoms. The van der Waals surface area contributed by atoms with Crippen LogP contribution < -0.4 is 0 Å². The molecule has 27 heavy (non-hydrogen) atoms. The zero-order chi connectivity index (χ0) is 18.6. The molecule has 0 radical (unpaired) electrons. The Hall–Kier alpha value is -3.19. The molecule has 2 aromatic heterocycles. The molecule has 2 aliphatic rings. The summed E-state index contributed by atoms with van der Waals surface area (Å²) >= 11 is 0. The van der Waals surface area contributed by atoms with Gasteiger partial charge in [0.15, 0.2) is 5.65 Å². The molecular formula is C20H18N4O3. The van der Waals surface area contributed by atoms with Crippen LogP contribution in [0.25, 0.3) is 22.3 Å². The minimum absolute atomic E-state index is 0.0447. The number of phenols is 1.